The maximum atomic E-state index is 13.7. The van der Waals surface area contributed by atoms with Gasteiger partial charge in [0, 0.05) is 31.8 Å². The van der Waals surface area contributed by atoms with Gasteiger partial charge in [-0.05, 0) is 24.0 Å². The van der Waals surface area contributed by atoms with Crippen LogP contribution in [0.25, 0.3) is 0 Å². The largest absolute Gasteiger partial charge is 0.434 e. The van der Waals surface area contributed by atoms with Crippen LogP contribution in [0, 0.1) is 23.4 Å². The summed E-state index contributed by atoms with van der Waals surface area (Å²) in [6, 6.07) is 1.23. The van der Waals surface area contributed by atoms with Gasteiger partial charge in [-0.3, -0.25) is 4.79 Å². The lowest BCUT2D eigenvalue weighted by Crippen LogP contribution is -2.39. The summed E-state index contributed by atoms with van der Waals surface area (Å²) in [5.74, 6) is -3.90. The molecule has 0 unspecified atom stereocenters. The van der Waals surface area contributed by atoms with E-state index in [9.17, 15) is 31.1 Å². The number of nitrogens with zero attached hydrogens (tertiary/aromatic N) is 3. The molecule has 0 aliphatic carbocycles. The van der Waals surface area contributed by atoms with E-state index in [-0.39, 0.29) is 55.7 Å². The van der Waals surface area contributed by atoms with E-state index in [0.29, 0.717) is 6.07 Å². The normalized spacial score (nSPS) is 15.5. The van der Waals surface area contributed by atoms with Crippen LogP contribution in [-0.4, -0.2) is 26.9 Å². The van der Waals surface area contributed by atoms with Gasteiger partial charge in [0.15, 0.2) is 17.3 Å². The van der Waals surface area contributed by atoms with E-state index >= 15 is 0 Å². The third kappa shape index (κ3) is 4.31. The molecule has 1 aliphatic heterocycles. The van der Waals surface area contributed by atoms with Gasteiger partial charge in [0.2, 0.25) is 5.91 Å². The second-order valence-electron chi connectivity index (χ2n) is 6.92. The van der Waals surface area contributed by atoms with Gasteiger partial charge in [0.25, 0.3) is 0 Å². The zero-order valence-electron chi connectivity index (χ0n) is 14.9. The third-order valence-corrected chi connectivity index (χ3v) is 4.63. The van der Waals surface area contributed by atoms with Gasteiger partial charge in [-0.15, -0.1) is 0 Å². The highest BCUT2D eigenvalue weighted by atomic mass is 19.4. The molecule has 0 radical (unpaired) electrons. The quantitative estimate of drug-likeness (QED) is 0.571. The summed E-state index contributed by atoms with van der Waals surface area (Å²) >= 11 is 0. The highest BCUT2D eigenvalue weighted by Gasteiger charge is 2.36. The Morgan fingerprint density at radius 3 is 2.50 bits per heavy atom. The first-order valence-electron chi connectivity index (χ1n) is 8.59. The zero-order chi connectivity index (χ0) is 20.6. The van der Waals surface area contributed by atoms with E-state index in [2.05, 4.69) is 4.98 Å². The Morgan fingerprint density at radius 1 is 1.14 bits per heavy atom. The summed E-state index contributed by atoms with van der Waals surface area (Å²) in [6.45, 7) is 2.02. The van der Waals surface area contributed by atoms with E-state index in [0.717, 1.165) is 12.3 Å². The molecule has 152 valence electrons. The molecule has 1 atom stereocenters. The standard InChI is InChI=1S/C18H17F6N3O/c1-10(4-11-6-13(20)14(21)7-12(11)19)5-17(28)27-3-2-26-8-15(18(22,23)24)25-16(26)9-27/h6-8,10H,2-5,9H2,1H3/t10-/m1/s1. The predicted molar refractivity (Wildman–Crippen MR) is 86.4 cm³/mol. The highest BCUT2D eigenvalue weighted by molar-refractivity contribution is 5.76. The van der Waals surface area contributed by atoms with Crippen LogP contribution in [-0.2, 0) is 30.5 Å². The third-order valence-electron chi connectivity index (χ3n) is 4.63. The maximum Gasteiger partial charge on any atom is 0.434 e. The van der Waals surface area contributed by atoms with Crippen molar-refractivity contribution in [1.82, 2.24) is 14.5 Å². The van der Waals surface area contributed by atoms with Crippen molar-refractivity contribution in [2.24, 2.45) is 5.92 Å². The molecule has 0 bridgehead atoms. The molecule has 1 aromatic heterocycles. The lowest BCUT2D eigenvalue weighted by molar-refractivity contribution is -0.141. The van der Waals surface area contributed by atoms with Crippen molar-refractivity contribution in [1.29, 1.82) is 0 Å². The Morgan fingerprint density at radius 2 is 1.82 bits per heavy atom. The van der Waals surface area contributed by atoms with Crippen LogP contribution >= 0.6 is 0 Å². The number of amides is 1. The summed E-state index contributed by atoms with van der Waals surface area (Å²) in [7, 11) is 0. The van der Waals surface area contributed by atoms with Gasteiger partial charge in [-0.2, -0.15) is 13.2 Å². The molecular formula is C18H17F6N3O. The SMILES string of the molecule is C[C@@H](CC(=O)N1CCn2cc(C(F)(F)F)nc2C1)Cc1cc(F)c(F)cc1F. The monoisotopic (exact) mass is 405 g/mol. The van der Waals surface area contributed by atoms with Crippen LogP contribution in [0.4, 0.5) is 26.3 Å². The molecule has 0 fully saturated rings. The summed E-state index contributed by atoms with van der Waals surface area (Å²) in [6.07, 6.45) is -3.62. The van der Waals surface area contributed by atoms with Gasteiger partial charge < -0.3 is 9.47 Å². The number of fused-ring (bicyclic) bond motifs is 1. The number of aromatic nitrogens is 2. The fourth-order valence-electron chi connectivity index (χ4n) is 3.20. The summed E-state index contributed by atoms with van der Waals surface area (Å²) in [5.41, 5.74) is -1.04. The van der Waals surface area contributed by atoms with Crippen LogP contribution in [0.1, 0.15) is 30.4 Å². The number of halogens is 6. The average Bonchev–Trinajstić information content (AvgIpc) is 3.03. The number of rotatable bonds is 4. The molecule has 1 amide bonds. The maximum absolute atomic E-state index is 13.7. The van der Waals surface area contributed by atoms with Gasteiger partial charge in [-0.1, -0.05) is 6.92 Å². The number of hydrogen-bond acceptors (Lipinski definition) is 2. The average molecular weight is 405 g/mol. The number of carbonyl (C=O) groups excluding carboxylic acids is 1. The summed E-state index contributed by atoms with van der Waals surface area (Å²) in [4.78, 5) is 17.4. The van der Waals surface area contributed by atoms with E-state index < -0.39 is 29.3 Å². The summed E-state index contributed by atoms with van der Waals surface area (Å²) < 4.78 is 79.7. The van der Waals surface area contributed by atoms with Gasteiger partial charge in [0.05, 0.1) is 6.54 Å². The van der Waals surface area contributed by atoms with Crippen molar-refractivity contribution in [3.8, 4) is 0 Å². The minimum atomic E-state index is -4.55. The molecule has 1 aromatic carbocycles. The molecule has 2 heterocycles. The molecule has 3 rings (SSSR count). The van der Waals surface area contributed by atoms with Gasteiger partial charge in [-0.25, -0.2) is 18.2 Å². The molecular weight excluding hydrogens is 388 g/mol. The first kappa shape index (κ1) is 20.2. The molecule has 0 saturated heterocycles. The van der Waals surface area contributed by atoms with Crippen molar-refractivity contribution >= 4 is 5.91 Å². The van der Waals surface area contributed by atoms with Gasteiger partial charge in [0.1, 0.15) is 11.6 Å². The van der Waals surface area contributed by atoms with E-state index in [4.69, 9.17) is 0 Å². The number of imidazole rings is 1. The number of alkyl halides is 3. The second-order valence-corrected chi connectivity index (χ2v) is 6.92. The fourth-order valence-corrected chi connectivity index (χ4v) is 3.20. The topological polar surface area (TPSA) is 38.1 Å². The van der Waals surface area contributed by atoms with Crippen molar-refractivity contribution in [2.45, 2.75) is 39.0 Å². The number of carbonyl (C=O) groups is 1. The van der Waals surface area contributed by atoms with Crippen molar-refractivity contribution in [2.75, 3.05) is 6.54 Å². The number of hydrogen-bond donors (Lipinski definition) is 0. The van der Waals surface area contributed by atoms with E-state index in [1.165, 1.54) is 9.47 Å². The molecule has 4 nitrogen and oxygen atoms in total. The highest BCUT2D eigenvalue weighted by Crippen LogP contribution is 2.29. The minimum Gasteiger partial charge on any atom is -0.333 e. The molecule has 0 spiro atoms. The predicted octanol–water partition coefficient (Wildman–Crippen LogP) is 3.93. The second kappa shape index (κ2) is 7.48. The number of benzene rings is 1. The minimum absolute atomic E-state index is 0.00866. The Kier molecular flexibility index (Phi) is 5.40. The van der Waals surface area contributed by atoms with Crippen LogP contribution in [0.15, 0.2) is 18.3 Å². The smallest absolute Gasteiger partial charge is 0.333 e. The summed E-state index contributed by atoms with van der Waals surface area (Å²) in [5, 5.41) is 0. The van der Waals surface area contributed by atoms with Crippen LogP contribution in [0.5, 0.6) is 0 Å². The van der Waals surface area contributed by atoms with Crippen molar-refractivity contribution in [3.05, 3.63) is 52.9 Å². The molecule has 10 heteroatoms. The van der Waals surface area contributed by atoms with Crippen molar-refractivity contribution in [3.63, 3.8) is 0 Å². The Hall–Kier alpha value is -2.52. The van der Waals surface area contributed by atoms with Crippen molar-refractivity contribution < 1.29 is 31.1 Å². The zero-order valence-corrected chi connectivity index (χ0v) is 14.9. The molecule has 1 aliphatic rings. The van der Waals surface area contributed by atoms with Gasteiger partial charge >= 0.3 is 6.18 Å². The molecule has 0 saturated carbocycles. The first-order chi connectivity index (χ1) is 13.0. The van der Waals surface area contributed by atoms with Crippen LogP contribution < -0.4 is 0 Å². The lowest BCUT2D eigenvalue weighted by atomic mass is 9.97. The van der Waals surface area contributed by atoms with E-state index in [1.54, 1.807) is 6.92 Å². The molecule has 28 heavy (non-hydrogen) atoms. The molecule has 2 aromatic rings. The first-order valence-corrected chi connectivity index (χ1v) is 8.59. The van der Waals surface area contributed by atoms with E-state index in [1.807, 2.05) is 0 Å². The van der Waals surface area contributed by atoms with Crippen LogP contribution in [0.3, 0.4) is 0 Å². The molecule has 0 N–H and O–H groups in total. The lowest BCUT2D eigenvalue weighted by Gasteiger charge is -2.28. The Bertz CT molecular complexity index is 892. The fraction of sp³-hybridized carbons (Fsp3) is 0.444. The van der Waals surface area contributed by atoms with Crippen LogP contribution in [0.2, 0.25) is 0 Å². The Balaban J connectivity index is 1.62. The Labute approximate surface area is 156 Å².